The number of rotatable bonds is 29. The molecule has 2 aliphatic rings. The van der Waals surface area contributed by atoms with Crippen LogP contribution in [0.25, 0.3) is 0 Å². The van der Waals surface area contributed by atoms with Crippen LogP contribution in [0.5, 0.6) is 23.0 Å². The van der Waals surface area contributed by atoms with Crippen molar-refractivity contribution < 1.29 is 100 Å². The molecule has 78 heavy (non-hydrogen) atoms. The lowest BCUT2D eigenvalue weighted by Crippen LogP contribution is -2.30. The van der Waals surface area contributed by atoms with E-state index in [0.29, 0.717) is 82.0 Å². The summed E-state index contributed by atoms with van der Waals surface area (Å²) in [5.41, 5.74) is 1.62. The lowest BCUT2D eigenvalue weighted by Gasteiger charge is -2.26. The number of aldehydes is 1. The zero-order chi connectivity index (χ0) is 56.2. The Balaban J connectivity index is 0.934. The molecule has 3 aromatic carbocycles. The Morgan fingerprint density at radius 1 is 0.397 bits per heavy atom. The lowest BCUT2D eigenvalue weighted by atomic mass is 9.82. The van der Waals surface area contributed by atoms with Crippen LogP contribution in [0.15, 0.2) is 92.0 Å². The van der Waals surface area contributed by atoms with E-state index >= 15 is 0 Å². The average Bonchev–Trinajstić information content (AvgIpc) is 3.45. The molecule has 0 radical (unpaired) electrons. The topological polar surface area (TPSA) is 280 Å². The molecule has 0 aromatic heterocycles. The van der Waals surface area contributed by atoms with Crippen molar-refractivity contribution in [2.75, 3.05) is 39.6 Å². The van der Waals surface area contributed by atoms with Gasteiger partial charge in [-0.1, -0.05) is 37.4 Å². The fourth-order valence-corrected chi connectivity index (χ4v) is 8.12. The van der Waals surface area contributed by atoms with Crippen LogP contribution in [0.1, 0.15) is 98.5 Å². The van der Waals surface area contributed by atoms with Crippen LogP contribution in [0.4, 0.5) is 0 Å². The van der Waals surface area contributed by atoms with Gasteiger partial charge in [0.1, 0.15) is 49.4 Å². The molecule has 21 heteroatoms. The van der Waals surface area contributed by atoms with Gasteiger partial charge in [0.05, 0.1) is 68.1 Å². The standard InChI is InChI=1S/C57H62O21/c1-3-48(59)71-31-33-73-52(63)25-23-50(61)69-29-27-37-5-17-44(18-6-37)75-54(65)39-9-11-41(12-10-39)56(67)77-46-21-22-47(43(35-46)36-58)78-57(68)42-15-13-40(14-16-42)55(66)76-45-19-7-38(8-20-45)28-30-70-51(62)24-26-53(64)74-34-32-72-49(60)4-2/h3-8,17-22,35-36,39-42H,1-2,9-16,23-34H2. The van der Waals surface area contributed by atoms with Gasteiger partial charge in [0.2, 0.25) is 0 Å². The minimum Gasteiger partial charge on any atom is -0.465 e. The largest absolute Gasteiger partial charge is 0.465 e. The van der Waals surface area contributed by atoms with Crippen LogP contribution in [0.3, 0.4) is 0 Å². The molecule has 21 nitrogen and oxygen atoms in total. The smallest absolute Gasteiger partial charge is 0.330 e. The van der Waals surface area contributed by atoms with Crippen molar-refractivity contribution in [2.24, 2.45) is 23.7 Å². The van der Waals surface area contributed by atoms with E-state index in [1.807, 2.05) is 0 Å². The van der Waals surface area contributed by atoms with Gasteiger partial charge in [0.15, 0.2) is 6.29 Å². The number of hydrogen-bond donors (Lipinski definition) is 0. The second-order valence-corrected chi connectivity index (χ2v) is 18.0. The molecule has 0 saturated heterocycles. The first-order chi connectivity index (χ1) is 37.6. The van der Waals surface area contributed by atoms with Gasteiger partial charge in [-0.2, -0.15) is 0 Å². The number of esters is 10. The van der Waals surface area contributed by atoms with E-state index in [9.17, 15) is 52.7 Å². The molecule has 0 aliphatic heterocycles. The van der Waals surface area contributed by atoms with Crippen molar-refractivity contribution in [1.29, 1.82) is 0 Å². The fourth-order valence-electron chi connectivity index (χ4n) is 8.12. The highest BCUT2D eigenvalue weighted by Gasteiger charge is 2.34. The first-order valence-electron chi connectivity index (χ1n) is 25.5. The van der Waals surface area contributed by atoms with E-state index in [1.165, 1.54) is 18.2 Å². The van der Waals surface area contributed by atoms with Gasteiger partial charge >= 0.3 is 59.7 Å². The van der Waals surface area contributed by atoms with Crippen LogP contribution >= 0.6 is 0 Å². The van der Waals surface area contributed by atoms with Crippen LogP contribution in [0, 0.1) is 23.7 Å². The Morgan fingerprint density at radius 2 is 0.705 bits per heavy atom. The second-order valence-electron chi connectivity index (χ2n) is 18.0. The summed E-state index contributed by atoms with van der Waals surface area (Å²) in [5, 5.41) is 0. The van der Waals surface area contributed by atoms with Crippen molar-refractivity contribution in [3.8, 4) is 23.0 Å². The first kappa shape index (κ1) is 60.4. The Labute approximate surface area is 449 Å². The highest BCUT2D eigenvalue weighted by molar-refractivity contribution is 5.85. The summed E-state index contributed by atoms with van der Waals surface area (Å²) >= 11 is 0. The molecule has 0 heterocycles. The maximum Gasteiger partial charge on any atom is 0.330 e. The highest BCUT2D eigenvalue weighted by Crippen LogP contribution is 2.34. The van der Waals surface area contributed by atoms with Gasteiger partial charge in [0, 0.05) is 25.0 Å². The third-order valence-corrected chi connectivity index (χ3v) is 12.5. The quantitative estimate of drug-likeness (QED) is 0.0181. The summed E-state index contributed by atoms with van der Waals surface area (Å²) in [6.45, 7) is 6.09. The molecule has 0 N–H and O–H groups in total. The third kappa shape index (κ3) is 21.3. The maximum atomic E-state index is 13.2. The van der Waals surface area contributed by atoms with E-state index in [4.69, 9.17) is 47.4 Å². The Bertz CT molecular complexity index is 2600. The van der Waals surface area contributed by atoms with Crippen LogP contribution in [-0.4, -0.2) is 106 Å². The molecule has 416 valence electrons. The number of benzene rings is 3. The van der Waals surface area contributed by atoms with E-state index in [0.717, 1.165) is 23.3 Å². The van der Waals surface area contributed by atoms with Crippen LogP contribution in [-0.2, 0) is 89.2 Å². The predicted octanol–water partition coefficient (Wildman–Crippen LogP) is 6.41. The molecule has 2 saturated carbocycles. The van der Waals surface area contributed by atoms with Crippen LogP contribution < -0.4 is 18.9 Å². The SMILES string of the molecule is C=CC(=O)OCCOC(=O)CCC(=O)OCCc1ccc(OC(=O)C2CCC(C(=O)Oc3ccc(OC(=O)C4CCC(C(=O)Oc5ccc(CCOC(=O)CCC(=O)OCCOC(=O)C=C)cc5)CC4)c(C=O)c3)CC2)cc1. The van der Waals surface area contributed by atoms with Gasteiger partial charge in [-0.25, -0.2) is 9.59 Å². The predicted molar refractivity (Wildman–Crippen MR) is 270 cm³/mol. The van der Waals surface area contributed by atoms with E-state index in [2.05, 4.69) is 13.2 Å². The van der Waals surface area contributed by atoms with Crippen LogP contribution in [0.2, 0.25) is 0 Å². The van der Waals surface area contributed by atoms with Crippen molar-refractivity contribution in [3.63, 3.8) is 0 Å². The average molecular weight is 1080 g/mol. The van der Waals surface area contributed by atoms with Gasteiger partial charge in [-0.3, -0.25) is 43.2 Å². The summed E-state index contributed by atoms with van der Waals surface area (Å²) in [4.78, 5) is 134. The van der Waals surface area contributed by atoms with Crippen molar-refractivity contribution in [1.82, 2.24) is 0 Å². The van der Waals surface area contributed by atoms with E-state index < -0.39 is 83.4 Å². The Morgan fingerprint density at radius 3 is 1.05 bits per heavy atom. The molecule has 2 fully saturated rings. The third-order valence-electron chi connectivity index (χ3n) is 12.5. The monoisotopic (exact) mass is 1080 g/mol. The van der Waals surface area contributed by atoms with Gasteiger partial charge in [0.25, 0.3) is 0 Å². The molecule has 0 amide bonds. The van der Waals surface area contributed by atoms with Gasteiger partial charge in [-0.05, 0) is 105 Å². The fraction of sp³-hybridized carbons (Fsp3) is 0.421. The zero-order valence-electron chi connectivity index (χ0n) is 43.0. The molecular weight excluding hydrogens is 1020 g/mol. The minimum absolute atomic E-state index is 0.00400. The molecular formula is C57H62O21. The Hall–Kier alpha value is -8.49. The summed E-state index contributed by atoms with van der Waals surface area (Å²) in [6.07, 6.45) is 5.40. The molecule has 0 atom stereocenters. The van der Waals surface area contributed by atoms with Gasteiger partial charge < -0.3 is 47.4 Å². The molecule has 2 aliphatic carbocycles. The molecule has 3 aromatic rings. The highest BCUT2D eigenvalue weighted by atomic mass is 16.6. The van der Waals surface area contributed by atoms with E-state index in [1.54, 1.807) is 48.5 Å². The van der Waals surface area contributed by atoms with Gasteiger partial charge in [-0.15, -0.1) is 0 Å². The number of hydrogen-bond acceptors (Lipinski definition) is 21. The first-order valence-corrected chi connectivity index (χ1v) is 25.5. The van der Waals surface area contributed by atoms with Crippen molar-refractivity contribution in [2.45, 2.75) is 89.9 Å². The second kappa shape index (κ2) is 32.2. The molecule has 0 bridgehead atoms. The number of ether oxygens (including phenoxy) is 10. The summed E-state index contributed by atoms with van der Waals surface area (Å²) in [5.74, 6) is -6.90. The molecule has 0 spiro atoms. The minimum atomic E-state index is -0.641. The number of carbonyl (C=O) groups excluding carboxylic acids is 11. The summed E-state index contributed by atoms with van der Waals surface area (Å²) in [6, 6.07) is 17.5. The zero-order valence-corrected chi connectivity index (χ0v) is 43.0. The normalized spacial score (nSPS) is 16.6. The van der Waals surface area contributed by atoms with Crippen molar-refractivity contribution in [3.05, 3.63) is 109 Å². The lowest BCUT2D eigenvalue weighted by molar-refractivity contribution is -0.152. The molecule has 0 unspecified atom stereocenters. The maximum absolute atomic E-state index is 13.2. The molecule has 5 rings (SSSR count). The van der Waals surface area contributed by atoms with E-state index in [-0.39, 0.29) is 82.4 Å². The number of carbonyl (C=O) groups is 11. The van der Waals surface area contributed by atoms with Crippen molar-refractivity contribution >= 4 is 66.0 Å². The summed E-state index contributed by atoms with van der Waals surface area (Å²) < 4.78 is 51.9. The summed E-state index contributed by atoms with van der Waals surface area (Å²) in [7, 11) is 0. The Kier molecular flexibility index (Phi) is 24.9.